The summed E-state index contributed by atoms with van der Waals surface area (Å²) in [5.74, 6) is 0.781. The zero-order valence-electron chi connectivity index (χ0n) is 14.1. The Morgan fingerprint density at radius 2 is 2.04 bits per heavy atom. The number of aliphatic hydroxyl groups is 1. The van der Waals surface area contributed by atoms with Crippen molar-refractivity contribution in [3.8, 4) is 5.75 Å². The zero-order valence-corrected chi connectivity index (χ0v) is 15.7. The molecule has 2 rings (SSSR count). The second-order valence-electron chi connectivity index (χ2n) is 6.09. The number of benzene rings is 1. The second kappa shape index (κ2) is 8.49. The number of nitrogens with zero attached hydrogens (tertiary/aromatic N) is 2. The van der Waals surface area contributed by atoms with Gasteiger partial charge in [-0.1, -0.05) is 11.6 Å². The van der Waals surface area contributed by atoms with Crippen LogP contribution in [0.3, 0.4) is 0 Å². The van der Waals surface area contributed by atoms with Gasteiger partial charge in [0.05, 0.1) is 23.6 Å². The molecule has 1 aliphatic rings. The van der Waals surface area contributed by atoms with Gasteiger partial charge in [-0.2, -0.15) is 0 Å². The van der Waals surface area contributed by atoms with E-state index in [0.29, 0.717) is 24.8 Å². The van der Waals surface area contributed by atoms with E-state index in [9.17, 15) is 8.42 Å². The highest BCUT2D eigenvalue weighted by Gasteiger charge is 2.26. The van der Waals surface area contributed by atoms with Crippen LogP contribution >= 0.6 is 11.6 Å². The molecule has 1 N–H and O–H groups in total. The highest BCUT2D eigenvalue weighted by molar-refractivity contribution is 7.89. The van der Waals surface area contributed by atoms with Crippen molar-refractivity contribution in [1.82, 2.24) is 9.21 Å². The maximum absolute atomic E-state index is 12.7. The van der Waals surface area contributed by atoms with E-state index in [2.05, 4.69) is 4.90 Å². The predicted molar refractivity (Wildman–Crippen MR) is 94.1 cm³/mol. The molecule has 1 aromatic carbocycles. The van der Waals surface area contributed by atoms with Gasteiger partial charge in [0.1, 0.15) is 5.75 Å². The van der Waals surface area contributed by atoms with E-state index in [4.69, 9.17) is 21.4 Å². The SMILES string of the molecule is COc1ccc(S(=O)(=O)N(C)CC2CCN(CCO)CC2)cc1Cl. The summed E-state index contributed by atoms with van der Waals surface area (Å²) in [7, 11) is -0.474. The van der Waals surface area contributed by atoms with E-state index in [1.807, 2.05) is 0 Å². The van der Waals surface area contributed by atoms with E-state index in [0.717, 1.165) is 25.9 Å². The number of ether oxygens (including phenoxy) is 1. The lowest BCUT2D eigenvalue weighted by molar-refractivity contribution is 0.141. The van der Waals surface area contributed by atoms with E-state index in [1.54, 1.807) is 13.1 Å². The highest BCUT2D eigenvalue weighted by Crippen LogP contribution is 2.29. The number of methoxy groups -OCH3 is 1. The van der Waals surface area contributed by atoms with Gasteiger partial charge in [-0.15, -0.1) is 0 Å². The average Bonchev–Trinajstić information content (AvgIpc) is 2.56. The first-order chi connectivity index (χ1) is 11.4. The molecule has 0 spiro atoms. The Hall–Kier alpha value is -0.860. The molecule has 0 aromatic heterocycles. The first-order valence-corrected chi connectivity index (χ1v) is 9.83. The Kier molecular flexibility index (Phi) is 6.88. The number of rotatable bonds is 7. The van der Waals surface area contributed by atoms with Crippen LogP contribution in [0.25, 0.3) is 0 Å². The summed E-state index contributed by atoms with van der Waals surface area (Å²) in [5, 5.41) is 9.26. The Bertz CT molecular complexity index is 645. The van der Waals surface area contributed by atoms with Crippen molar-refractivity contribution in [2.24, 2.45) is 5.92 Å². The van der Waals surface area contributed by atoms with Gasteiger partial charge < -0.3 is 14.7 Å². The lowest BCUT2D eigenvalue weighted by atomic mass is 9.97. The van der Waals surface area contributed by atoms with E-state index < -0.39 is 10.0 Å². The van der Waals surface area contributed by atoms with Crippen LogP contribution in [0, 0.1) is 5.92 Å². The molecule has 0 radical (unpaired) electrons. The molecule has 1 saturated heterocycles. The average molecular weight is 377 g/mol. The van der Waals surface area contributed by atoms with Gasteiger partial charge in [0, 0.05) is 20.1 Å². The van der Waals surface area contributed by atoms with Crippen molar-refractivity contribution >= 4 is 21.6 Å². The number of β-amino-alcohol motifs (C(OH)–C–C–N with tert-alkyl or cyclic N) is 1. The van der Waals surface area contributed by atoms with E-state index in [1.165, 1.54) is 23.5 Å². The third-order valence-corrected chi connectivity index (χ3v) is 6.58. The molecule has 24 heavy (non-hydrogen) atoms. The van der Waals surface area contributed by atoms with Gasteiger partial charge in [-0.3, -0.25) is 0 Å². The number of likely N-dealkylation sites (tertiary alicyclic amines) is 1. The van der Waals surface area contributed by atoms with Gasteiger partial charge in [-0.25, -0.2) is 12.7 Å². The summed E-state index contributed by atoms with van der Waals surface area (Å²) in [6, 6.07) is 4.51. The molecule has 0 saturated carbocycles. The maximum atomic E-state index is 12.7. The largest absolute Gasteiger partial charge is 0.495 e. The van der Waals surface area contributed by atoms with E-state index >= 15 is 0 Å². The van der Waals surface area contributed by atoms with Crippen molar-refractivity contribution in [3.05, 3.63) is 23.2 Å². The molecule has 0 unspecified atom stereocenters. The third kappa shape index (κ3) is 4.61. The molecule has 0 bridgehead atoms. The van der Waals surface area contributed by atoms with Gasteiger partial charge in [0.2, 0.25) is 10.0 Å². The number of hydrogen-bond acceptors (Lipinski definition) is 5. The number of halogens is 1. The third-order valence-electron chi connectivity index (χ3n) is 4.47. The van der Waals surface area contributed by atoms with Crippen molar-refractivity contribution in [3.63, 3.8) is 0 Å². The Balaban J connectivity index is 2.01. The quantitative estimate of drug-likeness (QED) is 0.783. The molecule has 1 aromatic rings. The minimum absolute atomic E-state index is 0.164. The number of hydrogen-bond donors (Lipinski definition) is 1. The smallest absolute Gasteiger partial charge is 0.242 e. The van der Waals surface area contributed by atoms with Crippen molar-refractivity contribution in [2.75, 3.05) is 46.9 Å². The predicted octanol–water partition coefficient (Wildman–Crippen LogP) is 1.67. The molecule has 1 heterocycles. The van der Waals surface area contributed by atoms with Gasteiger partial charge in [0.25, 0.3) is 0 Å². The lowest BCUT2D eigenvalue weighted by Crippen LogP contribution is -2.40. The molecule has 136 valence electrons. The van der Waals surface area contributed by atoms with Crippen molar-refractivity contribution in [2.45, 2.75) is 17.7 Å². The molecule has 1 fully saturated rings. The number of sulfonamides is 1. The minimum Gasteiger partial charge on any atom is -0.495 e. The van der Waals surface area contributed by atoms with Crippen LogP contribution in [-0.2, 0) is 10.0 Å². The first-order valence-electron chi connectivity index (χ1n) is 8.01. The van der Waals surface area contributed by atoms with Gasteiger partial charge in [-0.05, 0) is 50.0 Å². The van der Waals surface area contributed by atoms with Gasteiger partial charge in [0.15, 0.2) is 0 Å². The lowest BCUT2D eigenvalue weighted by Gasteiger charge is -2.33. The zero-order chi connectivity index (χ0) is 17.7. The van der Waals surface area contributed by atoms with Crippen molar-refractivity contribution in [1.29, 1.82) is 0 Å². The molecule has 1 aliphatic heterocycles. The number of piperidine rings is 1. The van der Waals surface area contributed by atoms with Crippen LogP contribution < -0.4 is 4.74 Å². The summed E-state index contributed by atoms with van der Waals surface area (Å²) in [5.41, 5.74) is 0. The molecular formula is C16H25ClN2O4S. The second-order valence-corrected chi connectivity index (χ2v) is 8.54. The molecule has 0 atom stereocenters. The molecule has 0 aliphatic carbocycles. The topological polar surface area (TPSA) is 70.1 Å². The fourth-order valence-corrected chi connectivity index (χ4v) is 4.58. The molecule has 6 nitrogen and oxygen atoms in total. The Morgan fingerprint density at radius 3 is 2.58 bits per heavy atom. The van der Waals surface area contributed by atoms with Crippen LogP contribution in [0.4, 0.5) is 0 Å². The number of aliphatic hydroxyl groups excluding tert-OH is 1. The monoisotopic (exact) mass is 376 g/mol. The normalized spacial score (nSPS) is 17.4. The highest BCUT2D eigenvalue weighted by atomic mass is 35.5. The standard InChI is InChI=1S/C16H25ClN2O4S/c1-18(12-13-5-7-19(8-6-13)9-10-20)24(21,22)14-3-4-16(23-2)15(17)11-14/h3-4,11,13,20H,5-10,12H2,1-2H3. The summed E-state index contributed by atoms with van der Waals surface area (Å²) in [4.78, 5) is 2.38. The molecule has 0 amide bonds. The fourth-order valence-electron chi connectivity index (χ4n) is 2.98. The Labute approximate surface area is 149 Å². The molecular weight excluding hydrogens is 352 g/mol. The van der Waals surface area contributed by atoms with Crippen LogP contribution in [0.15, 0.2) is 23.1 Å². The summed E-state index contributed by atoms with van der Waals surface area (Å²) in [6.07, 6.45) is 1.87. The van der Waals surface area contributed by atoms with Crippen LogP contribution in [0.2, 0.25) is 5.02 Å². The van der Waals surface area contributed by atoms with Gasteiger partial charge >= 0.3 is 0 Å². The minimum atomic E-state index is -3.57. The van der Waals surface area contributed by atoms with Crippen molar-refractivity contribution < 1.29 is 18.3 Å². The molecule has 8 heteroatoms. The van der Waals surface area contributed by atoms with E-state index in [-0.39, 0.29) is 16.5 Å². The maximum Gasteiger partial charge on any atom is 0.242 e. The first kappa shape index (κ1) is 19.5. The summed E-state index contributed by atoms with van der Waals surface area (Å²) in [6.45, 7) is 3.13. The van der Waals surface area contributed by atoms with Crippen LogP contribution in [0.5, 0.6) is 5.75 Å². The fraction of sp³-hybridized carbons (Fsp3) is 0.625. The summed E-state index contributed by atoms with van der Waals surface area (Å²) >= 11 is 6.04. The van der Waals surface area contributed by atoms with Crippen LogP contribution in [0.1, 0.15) is 12.8 Å². The van der Waals surface area contributed by atoms with Crippen LogP contribution in [-0.4, -0.2) is 69.7 Å². The summed E-state index contributed by atoms with van der Waals surface area (Å²) < 4.78 is 31.9. The Morgan fingerprint density at radius 1 is 1.38 bits per heavy atom.